The van der Waals surface area contributed by atoms with Crippen LogP contribution in [0.3, 0.4) is 0 Å². The van der Waals surface area contributed by atoms with Crippen molar-refractivity contribution in [1.29, 1.82) is 0 Å². The minimum absolute atomic E-state index is 0.101. The fraction of sp³-hybridized carbons (Fsp3) is 0.833. The van der Waals surface area contributed by atoms with E-state index in [1.54, 1.807) is 0 Å². The van der Waals surface area contributed by atoms with Gasteiger partial charge in [-0.05, 0) is 19.3 Å². The monoisotopic (exact) mass is 222 g/mol. The summed E-state index contributed by atoms with van der Waals surface area (Å²) in [6.07, 6.45) is 9.20. The summed E-state index contributed by atoms with van der Waals surface area (Å²) in [6, 6.07) is 0. The second-order valence-corrected chi connectivity index (χ2v) is 4.89. The fourth-order valence-corrected chi connectivity index (χ4v) is 2.82. The van der Waals surface area contributed by atoms with Crippen molar-refractivity contribution < 1.29 is 0 Å². The van der Waals surface area contributed by atoms with E-state index in [0.29, 0.717) is 6.54 Å². The summed E-state index contributed by atoms with van der Waals surface area (Å²) in [6.45, 7) is 3.89. The summed E-state index contributed by atoms with van der Waals surface area (Å²) < 4.78 is 2.19. The van der Waals surface area contributed by atoms with E-state index in [1.165, 1.54) is 32.1 Å². The maximum atomic E-state index is 6.01. The number of aryl methyl sites for hydroxylation is 1. The van der Waals surface area contributed by atoms with Crippen LogP contribution in [0.2, 0.25) is 0 Å². The van der Waals surface area contributed by atoms with Crippen LogP contribution < -0.4 is 5.73 Å². The van der Waals surface area contributed by atoms with Gasteiger partial charge in [0.25, 0.3) is 0 Å². The Morgan fingerprint density at radius 3 is 2.75 bits per heavy atom. The number of hydrogen-bond donors (Lipinski definition) is 1. The highest BCUT2D eigenvalue weighted by atomic mass is 15.3. The summed E-state index contributed by atoms with van der Waals surface area (Å²) in [4.78, 5) is 0. The Balaban J connectivity index is 2.27. The Labute approximate surface area is 97.2 Å². The van der Waals surface area contributed by atoms with E-state index in [-0.39, 0.29) is 5.41 Å². The van der Waals surface area contributed by atoms with Crippen LogP contribution in [0.5, 0.6) is 0 Å². The van der Waals surface area contributed by atoms with Gasteiger partial charge >= 0.3 is 0 Å². The zero-order chi connectivity index (χ0) is 11.4. The van der Waals surface area contributed by atoms with Gasteiger partial charge in [0, 0.05) is 18.5 Å². The van der Waals surface area contributed by atoms with E-state index in [2.05, 4.69) is 21.7 Å². The molecular weight excluding hydrogens is 200 g/mol. The molecule has 16 heavy (non-hydrogen) atoms. The highest BCUT2D eigenvalue weighted by molar-refractivity contribution is 5.10. The molecule has 0 unspecified atom stereocenters. The average Bonchev–Trinajstić information content (AvgIpc) is 2.79. The molecule has 4 heteroatoms. The van der Waals surface area contributed by atoms with Gasteiger partial charge in [-0.1, -0.05) is 26.2 Å². The van der Waals surface area contributed by atoms with Gasteiger partial charge in [-0.3, -0.25) is 0 Å². The van der Waals surface area contributed by atoms with Crippen molar-refractivity contribution in [3.63, 3.8) is 0 Å². The lowest BCUT2D eigenvalue weighted by atomic mass is 9.73. The lowest BCUT2D eigenvalue weighted by Gasteiger charge is -2.35. The first-order chi connectivity index (χ1) is 7.82. The molecule has 1 aliphatic carbocycles. The summed E-state index contributed by atoms with van der Waals surface area (Å²) in [7, 11) is 0. The van der Waals surface area contributed by atoms with Crippen LogP contribution in [-0.4, -0.2) is 21.3 Å². The molecule has 2 rings (SSSR count). The molecule has 0 atom stereocenters. The molecule has 1 aromatic rings. The molecular formula is C12H22N4. The van der Waals surface area contributed by atoms with Crippen LogP contribution >= 0.6 is 0 Å². The van der Waals surface area contributed by atoms with Gasteiger partial charge in [0.05, 0.1) is 0 Å². The number of rotatable bonds is 4. The van der Waals surface area contributed by atoms with E-state index >= 15 is 0 Å². The van der Waals surface area contributed by atoms with Crippen LogP contribution in [0.15, 0.2) is 6.33 Å². The van der Waals surface area contributed by atoms with Crippen LogP contribution in [0.4, 0.5) is 0 Å². The van der Waals surface area contributed by atoms with Crippen molar-refractivity contribution >= 4 is 0 Å². The van der Waals surface area contributed by atoms with E-state index in [4.69, 9.17) is 5.73 Å². The molecule has 1 heterocycles. The fourth-order valence-electron chi connectivity index (χ4n) is 2.82. The molecule has 90 valence electrons. The second-order valence-electron chi connectivity index (χ2n) is 4.89. The van der Waals surface area contributed by atoms with E-state index in [1.807, 2.05) is 6.33 Å². The molecule has 1 aliphatic rings. The quantitative estimate of drug-likeness (QED) is 0.845. The molecule has 0 radical (unpaired) electrons. The lowest BCUT2D eigenvalue weighted by Crippen LogP contribution is -2.39. The molecule has 0 spiro atoms. The standard InChI is InChI=1S/C12H22N4/c1-2-8-16-10-14-15-11(16)12(9-13)6-4-3-5-7-12/h10H,2-9,13H2,1H3. The lowest BCUT2D eigenvalue weighted by molar-refractivity contribution is 0.275. The number of hydrogen-bond acceptors (Lipinski definition) is 3. The predicted molar refractivity (Wildman–Crippen MR) is 64.1 cm³/mol. The van der Waals surface area contributed by atoms with Crippen molar-refractivity contribution in [3.8, 4) is 0 Å². The topological polar surface area (TPSA) is 56.7 Å². The van der Waals surface area contributed by atoms with E-state index < -0.39 is 0 Å². The normalized spacial score (nSPS) is 19.9. The Bertz CT molecular complexity index is 326. The highest BCUT2D eigenvalue weighted by Crippen LogP contribution is 2.37. The zero-order valence-electron chi connectivity index (χ0n) is 10.2. The molecule has 1 aromatic heterocycles. The van der Waals surface area contributed by atoms with E-state index in [0.717, 1.165) is 18.8 Å². The first-order valence-corrected chi connectivity index (χ1v) is 6.41. The van der Waals surface area contributed by atoms with Crippen LogP contribution in [-0.2, 0) is 12.0 Å². The molecule has 1 fully saturated rings. The third kappa shape index (κ3) is 1.98. The number of aromatic nitrogens is 3. The van der Waals surface area contributed by atoms with Gasteiger partial charge in [0.1, 0.15) is 12.2 Å². The molecule has 0 aromatic carbocycles. The van der Waals surface area contributed by atoms with Gasteiger partial charge in [-0.25, -0.2) is 0 Å². The van der Waals surface area contributed by atoms with Crippen LogP contribution in [0.1, 0.15) is 51.3 Å². The molecule has 1 saturated carbocycles. The Morgan fingerprint density at radius 2 is 2.12 bits per heavy atom. The van der Waals surface area contributed by atoms with Crippen molar-refractivity contribution in [2.24, 2.45) is 5.73 Å². The molecule has 0 aliphatic heterocycles. The smallest absolute Gasteiger partial charge is 0.140 e. The summed E-state index contributed by atoms with van der Waals surface area (Å²) in [5, 5.41) is 8.40. The Morgan fingerprint density at radius 1 is 1.38 bits per heavy atom. The van der Waals surface area contributed by atoms with Crippen molar-refractivity contribution in [1.82, 2.24) is 14.8 Å². The van der Waals surface area contributed by atoms with Gasteiger partial charge in [-0.15, -0.1) is 10.2 Å². The first-order valence-electron chi connectivity index (χ1n) is 6.41. The Kier molecular flexibility index (Phi) is 3.59. The third-order valence-corrected chi connectivity index (χ3v) is 3.76. The zero-order valence-corrected chi connectivity index (χ0v) is 10.2. The minimum atomic E-state index is 0.101. The largest absolute Gasteiger partial charge is 0.329 e. The second kappa shape index (κ2) is 4.95. The van der Waals surface area contributed by atoms with E-state index in [9.17, 15) is 0 Å². The van der Waals surface area contributed by atoms with Gasteiger partial charge in [0.2, 0.25) is 0 Å². The summed E-state index contributed by atoms with van der Waals surface area (Å²) in [5.41, 5.74) is 6.11. The average molecular weight is 222 g/mol. The molecule has 4 nitrogen and oxygen atoms in total. The molecule has 0 bridgehead atoms. The van der Waals surface area contributed by atoms with Crippen LogP contribution in [0.25, 0.3) is 0 Å². The highest BCUT2D eigenvalue weighted by Gasteiger charge is 2.36. The summed E-state index contributed by atoms with van der Waals surface area (Å²) in [5.74, 6) is 1.12. The molecule has 0 amide bonds. The number of nitrogens with two attached hydrogens (primary N) is 1. The van der Waals surface area contributed by atoms with Gasteiger partial charge in [-0.2, -0.15) is 0 Å². The van der Waals surface area contributed by atoms with Crippen LogP contribution in [0, 0.1) is 0 Å². The van der Waals surface area contributed by atoms with Crippen molar-refractivity contribution in [2.45, 2.75) is 57.4 Å². The van der Waals surface area contributed by atoms with Gasteiger partial charge < -0.3 is 10.3 Å². The van der Waals surface area contributed by atoms with Crippen molar-refractivity contribution in [2.75, 3.05) is 6.54 Å². The SMILES string of the molecule is CCCn1cnnc1C1(CN)CCCCC1. The Hall–Kier alpha value is -0.900. The number of nitrogens with zero attached hydrogens (tertiary/aromatic N) is 3. The molecule has 2 N–H and O–H groups in total. The minimum Gasteiger partial charge on any atom is -0.329 e. The summed E-state index contributed by atoms with van der Waals surface area (Å²) >= 11 is 0. The maximum absolute atomic E-state index is 6.01. The third-order valence-electron chi connectivity index (χ3n) is 3.76. The van der Waals surface area contributed by atoms with Gasteiger partial charge in [0.15, 0.2) is 0 Å². The predicted octanol–water partition coefficient (Wildman–Crippen LogP) is 1.85. The first kappa shape index (κ1) is 11.6. The maximum Gasteiger partial charge on any atom is 0.140 e. The molecule has 0 saturated heterocycles. The van der Waals surface area contributed by atoms with Crippen molar-refractivity contribution in [3.05, 3.63) is 12.2 Å².